The fraction of sp³-hybridized carbons (Fsp3) is 0.476. The molecule has 1 aromatic carbocycles. The Morgan fingerprint density at radius 1 is 1.27 bits per heavy atom. The highest BCUT2D eigenvalue weighted by atomic mass is 19.4. The van der Waals surface area contributed by atoms with E-state index in [-0.39, 0.29) is 24.0 Å². The fourth-order valence-electron chi connectivity index (χ4n) is 4.04. The molecule has 2 aliphatic rings. The van der Waals surface area contributed by atoms with Gasteiger partial charge in [0.15, 0.2) is 5.82 Å². The number of rotatable bonds is 4. The van der Waals surface area contributed by atoms with Gasteiger partial charge in [0.25, 0.3) is 0 Å². The predicted octanol–water partition coefficient (Wildman–Crippen LogP) is 3.66. The number of carbonyl (C=O) groups is 1. The Kier molecular flexibility index (Phi) is 5.53. The molecule has 2 fully saturated rings. The topological polar surface area (TPSA) is 61.4 Å². The standard InChI is InChI=1S/C21H24F3N5O/c1-28(16-7-4-10-29(13-16)19-8-3-9-25-27-19)20(30)26-18-12-17(18)14-5-2-6-15(11-14)21(22,23)24/h2-3,5-6,8-9,11,16-18H,4,7,10,12-13H2,1H3,(H,26,30)/t16-,17?,18?/m1/s1. The van der Waals surface area contributed by atoms with Crippen molar-refractivity contribution in [3.05, 3.63) is 53.7 Å². The molecule has 0 bridgehead atoms. The third-order valence-electron chi connectivity index (χ3n) is 5.89. The zero-order chi connectivity index (χ0) is 21.3. The maximum absolute atomic E-state index is 12.9. The van der Waals surface area contributed by atoms with Crippen molar-refractivity contribution >= 4 is 11.8 Å². The highest BCUT2D eigenvalue weighted by Gasteiger charge is 2.42. The lowest BCUT2D eigenvalue weighted by atomic mass is 10.0. The van der Waals surface area contributed by atoms with Crippen LogP contribution in [0.2, 0.25) is 0 Å². The summed E-state index contributed by atoms with van der Waals surface area (Å²) in [4.78, 5) is 16.5. The lowest BCUT2D eigenvalue weighted by Gasteiger charge is -2.38. The number of likely N-dealkylation sites (N-methyl/N-ethyl adjacent to an activating group) is 1. The number of nitrogens with one attached hydrogen (secondary N) is 1. The Morgan fingerprint density at radius 2 is 2.10 bits per heavy atom. The summed E-state index contributed by atoms with van der Waals surface area (Å²) in [6, 6.07) is 8.80. The first-order chi connectivity index (χ1) is 14.3. The van der Waals surface area contributed by atoms with Crippen molar-refractivity contribution in [2.45, 2.75) is 43.4 Å². The SMILES string of the molecule is CN(C(=O)NC1CC1c1cccc(C(F)(F)F)c1)[C@@H]1CCCN(c2cccnn2)C1. The molecule has 2 aromatic rings. The van der Waals surface area contributed by atoms with E-state index in [1.54, 1.807) is 24.2 Å². The Morgan fingerprint density at radius 3 is 2.83 bits per heavy atom. The number of nitrogens with zero attached hydrogens (tertiary/aromatic N) is 4. The molecular formula is C21H24F3N5O. The number of carbonyl (C=O) groups excluding carboxylic acids is 1. The van der Waals surface area contributed by atoms with E-state index in [2.05, 4.69) is 20.4 Å². The number of alkyl halides is 3. The number of benzene rings is 1. The van der Waals surface area contributed by atoms with Crippen LogP contribution in [-0.4, -0.2) is 53.3 Å². The van der Waals surface area contributed by atoms with Gasteiger partial charge in [-0.15, -0.1) is 5.10 Å². The summed E-state index contributed by atoms with van der Waals surface area (Å²) in [5, 5.41) is 11.0. The highest BCUT2D eigenvalue weighted by molar-refractivity contribution is 5.75. The molecule has 1 N–H and O–H groups in total. The molecule has 160 valence electrons. The Bertz CT molecular complexity index is 892. The van der Waals surface area contributed by atoms with Crippen LogP contribution in [0.15, 0.2) is 42.6 Å². The van der Waals surface area contributed by atoms with E-state index in [0.29, 0.717) is 18.5 Å². The minimum atomic E-state index is -4.36. The first-order valence-electron chi connectivity index (χ1n) is 10.1. The van der Waals surface area contributed by atoms with E-state index in [0.717, 1.165) is 31.3 Å². The van der Waals surface area contributed by atoms with E-state index in [4.69, 9.17) is 0 Å². The molecule has 1 saturated heterocycles. The van der Waals surface area contributed by atoms with Gasteiger partial charge in [0.2, 0.25) is 0 Å². The smallest absolute Gasteiger partial charge is 0.353 e. The van der Waals surface area contributed by atoms with Crippen molar-refractivity contribution in [3.8, 4) is 0 Å². The van der Waals surface area contributed by atoms with Crippen LogP contribution in [0.25, 0.3) is 0 Å². The summed E-state index contributed by atoms with van der Waals surface area (Å²) in [5.74, 6) is 0.718. The third-order valence-corrected chi connectivity index (χ3v) is 5.89. The number of aromatic nitrogens is 2. The molecule has 4 rings (SSSR count). The lowest BCUT2D eigenvalue weighted by Crippen LogP contribution is -2.52. The van der Waals surface area contributed by atoms with Crippen molar-refractivity contribution in [3.63, 3.8) is 0 Å². The van der Waals surface area contributed by atoms with Gasteiger partial charge in [-0.2, -0.15) is 18.3 Å². The van der Waals surface area contributed by atoms with E-state index < -0.39 is 11.7 Å². The van der Waals surface area contributed by atoms with Gasteiger partial charge in [-0.3, -0.25) is 0 Å². The number of hydrogen-bond donors (Lipinski definition) is 1. The van der Waals surface area contributed by atoms with Crippen LogP contribution in [0.3, 0.4) is 0 Å². The molecule has 9 heteroatoms. The largest absolute Gasteiger partial charge is 0.416 e. The summed E-state index contributed by atoms with van der Waals surface area (Å²) < 4.78 is 38.8. The Balaban J connectivity index is 1.33. The van der Waals surface area contributed by atoms with Crippen LogP contribution in [0.4, 0.5) is 23.8 Å². The summed E-state index contributed by atoms with van der Waals surface area (Å²) in [7, 11) is 1.77. The fourth-order valence-corrected chi connectivity index (χ4v) is 4.04. The van der Waals surface area contributed by atoms with Gasteiger partial charge in [0, 0.05) is 38.3 Å². The normalized spacial score (nSPS) is 23.7. The minimum absolute atomic E-state index is 0.0338. The first kappa shape index (κ1) is 20.4. The molecule has 0 radical (unpaired) electrons. The van der Waals surface area contributed by atoms with Crippen LogP contribution in [-0.2, 0) is 6.18 Å². The van der Waals surface area contributed by atoms with Crippen molar-refractivity contribution in [2.24, 2.45) is 0 Å². The molecular weight excluding hydrogens is 395 g/mol. The number of urea groups is 1. The van der Waals surface area contributed by atoms with Crippen LogP contribution in [0.1, 0.15) is 36.3 Å². The average Bonchev–Trinajstić information content (AvgIpc) is 3.52. The van der Waals surface area contributed by atoms with Crippen LogP contribution in [0, 0.1) is 0 Å². The van der Waals surface area contributed by atoms with Gasteiger partial charge in [0.1, 0.15) is 0 Å². The van der Waals surface area contributed by atoms with Gasteiger partial charge in [-0.25, -0.2) is 4.79 Å². The molecule has 1 aromatic heterocycles. The number of hydrogen-bond acceptors (Lipinski definition) is 4. The van der Waals surface area contributed by atoms with E-state index in [9.17, 15) is 18.0 Å². The van der Waals surface area contributed by atoms with Crippen LogP contribution >= 0.6 is 0 Å². The van der Waals surface area contributed by atoms with Gasteiger partial charge >= 0.3 is 12.2 Å². The molecule has 2 heterocycles. The number of halogens is 3. The van der Waals surface area contributed by atoms with Crippen molar-refractivity contribution in [1.29, 1.82) is 0 Å². The predicted molar refractivity (Wildman–Crippen MR) is 106 cm³/mol. The molecule has 2 unspecified atom stereocenters. The molecule has 1 saturated carbocycles. The maximum Gasteiger partial charge on any atom is 0.416 e. The number of amides is 2. The van der Waals surface area contributed by atoms with Crippen LogP contribution < -0.4 is 10.2 Å². The second-order valence-electron chi connectivity index (χ2n) is 7.96. The Hall–Kier alpha value is -2.84. The first-order valence-corrected chi connectivity index (χ1v) is 10.1. The molecule has 30 heavy (non-hydrogen) atoms. The van der Waals surface area contributed by atoms with Gasteiger partial charge in [-0.1, -0.05) is 18.2 Å². The molecule has 6 nitrogen and oxygen atoms in total. The van der Waals surface area contributed by atoms with Crippen molar-refractivity contribution < 1.29 is 18.0 Å². The van der Waals surface area contributed by atoms with E-state index >= 15 is 0 Å². The zero-order valence-corrected chi connectivity index (χ0v) is 16.6. The summed E-state index contributed by atoms with van der Waals surface area (Å²) in [6.07, 6.45) is -0.254. The van der Waals surface area contributed by atoms with Crippen molar-refractivity contribution in [1.82, 2.24) is 20.4 Å². The second kappa shape index (κ2) is 8.12. The molecule has 0 spiro atoms. The van der Waals surface area contributed by atoms with E-state index in [1.807, 2.05) is 12.1 Å². The Labute approximate surface area is 173 Å². The maximum atomic E-state index is 12.9. The molecule has 1 aliphatic heterocycles. The highest BCUT2D eigenvalue weighted by Crippen LogP contribution is 2.42. The average molecular weight is 419 g/mol. The zero-order valence-electron chi connectivity index (χ0n) is 16.6. The number of anilines is 1. The van der Waals surface area contributed by atoms with Crippen LogP contribution in [0.5, 0.6) is 0 Å². The molecule has 3 atom stereocenters. The summed E-state index contributed by atoms with van der Waals surface area (Å²) in [5.41, 5.74) is -0.0373. The quantitative estimate of drug-likeness (QED) is 0.822. The van der Waals surface area contributed by atoms with Crippen molar-refractivity contribution in [2.75, 3.05) is 25.0 Å². The molecule has 2 amide bonds. The minimum Gasteiger partial charge on any atom is -0.353 e. The van der Waals surface area contributed by atoms with Gasteiger partial charge < -0.3 is 15.1 Å². The second-order valence-corrected chi connectivity index (χ2v) is 7.96. The summed E-state index contributed by atoms with van der Waals surface area (Å²) in [6.45, 7) is 1.54. The summed E-state index contributed by atoms with van der Waals surface area (Å²) >= 11 is 0. The monoisotopic (exact) mass is 419 g/mol. The van der Waals surface area contributed by atoms with E-state index in [1.165, 1.54) is 12.1 Å². The van der Waals surface area contributed by atoms with Gasteiger partial charge in [0.05, 0.1) is 11.6 Å². The third kappa shape index (κ3) is 4.49. The number of piperidine rings is 1. The molecule has 1 aliphatic carbocycles. The van der Waals surface area contributed by atoms with Gasteiger partial charge in [-0.05, 0) is 43.0 Å². The lowest BCUT2D eigenvalue weighted by molar-refractivity contribution is -0.137.